The van der Waals surface area contributed by atoms with Gasteiger partial charge in [0, 0.05) is 26.3 Å². The summed E-state index contributed by atoms with van der Waals surface area (Å²) in [6, 6.07) is 0.330. The summed E-state index contributed by atoms with van der Waals surface area (Å²) in [5.74, 6) is 0.776. The van der Waals surface area contributed by atoms with Crippen LogP contribution in [0.3, 0.4) is 0 Å². The normalized spacial score (nSPS) is 23.3. The van der Waals surface area contributed by atoms with Gasteiger partial charge in [-0.2, -0.15) is 5.10 Å². The Kier molecular flexibility index (Phi) is 4.12. The number of aryl methyl sites for hydroxylation is 1. The van der Waals surface area contributed by atoms with Crippen LogP contribution in [0.4, 0.5) is 5.69 Å². The van der Waals surface area contributed by atoms with Gasteiger partial charge in [-0.3, -0.25) is 9.48 Å². The lowest BCUT2D eigenvalue weighted by molar-refractivity contribution is 0.0669. The molecule has 0 bridgehead atoms. The molecule has 1 aromatic rings. The minimum atomic E-state index is -0.0574. The van der Waals surface area contributed by atoms with Gasteiger partial charge in [0.25, 0.3) is 5.91 Å². The van der Waals surface area contributed by atoms with Crippen LogP contribution in [0.25, 0.3) is 0 Å². The third-order valence-corrected chi connectivity index (χ3v) is 4.32. The molecule has 5 nitrogen and oxygen atoms in total. The number of amides is 1. The molecule has 106 valence electrons. The van der Waals surface area contributed by atoms with Gasteiger partial charge < -0.3 is 10.6 Å². The van der Waals surface area contributed by atoms with Crippen LogP contribution in [0.2, 0.25) is 0 Å². The third kappa shape index (κ3) is 2.91. The van der Waals surface area contributed by atoms with Crippen LogP contribution in [0.5, 0.6) is 0 Å². The molecule has 2 N–H and O–H groups in total. The molecule has 1 aliphatic carbocycles. The van der Waals surface area contributed by atoms with E-state index in [9.17, 15) is 4.79 Å². The molecule has 1 heterocycles. The lowest BCUT2D eigenvalue weighted by Gasteiger charge is -2.34. The molecule has 1 amide bonds. The standard InChI is InChI=1S/C14H24N4O/c1-4-10-5-7-11(8-6-10)18(3)14(19)13-12(15)9-17(2)16-13/h9-11H,4-8,15H2,1-3H3. The second kappa shape index (κ2) is 5.63. The predicted octanol–water partition coefficient (Wildman–Crippen LogP) is 2.04. The Balaban J connectivity index is 2.02. The summed E-state index contributed by atoms with van der Waals surface area (Å²) in [6.45, 7) is 2.24. The third-order valence-electron chi connectivity index (χ3n) is 4.32. The van der Waals surface area contributed by atoms with Crippen molar-refractivity contribution in [1.82, 2.24) is 14.7 Å². The number of carbonyl (C=O) groups is 1. The fourth-order valence-electron chi connectivity index (χ4n) is 2.95. The number of hydrogen-bond donors (Lipinski definition) is 1. The first kappa shape index (κ1) is 13.9. The monoisotopic (exact) mass is 264 g/mol. The van der Waals surface area contributed by atoms with E-state index in [2.05, 4.69) is 12.0 Å². The van der Waals surface area contributed by atoms with Crippen molar-refractivity contribution in [3.05, 3.63) is 11.9 Å². The van der Waals surface area contributed by atoms with Crippen LogP contribution in [0.15, 0.2) is 6.20 Å². The van der Waals surface area contributed by atoms with E-state index in [-0.39, 0.29) is 5.91 Å². The van der Waals surface area contributed by atoms with Crippen LogP contribution < -0.4 is 5.73 Å². The first-order valence-corrected chi connectivity index (χ1v) is 7.09. The van der Waals surface area contributed by atoms with Gasteiger partial charge in [-0.05, 0) is 31.6 Å². The molecule has 1 aromatic heterocycles. The van der Waals surface area contributed by atoms with E-state index in [0.29, 0.717) is 17.4 Å². The van der Waals surface area contributed by atoms with Crippen LogP contribution in [-0.4, -0.2) is 33.7 Å². The molecule has 0 aliphatic heterocycles. The summed E-state index contributed by atoms with van der Waals surface area (Å²) in [6.07, 6.45) is 7.54. The van der Waals surface area contributed by atoms with Crippen molar-refractivity contribution in [2.75, 3.05) is 12.8 Å². The maximum Gasteiger partial charge on any atom is 0.276 e. The Labute approximate surface area is 114 Å². The zero-order chi connectivity index (χ0) is 14.0. The number of aromatic nitrogens is 2. The van der Waals surface area contributed by atoms with Gasteiger partial charge in [0.05, 0.1) is 5.69 Å². The molecular formula is C14H24N4O. The first-order chi connectivity index (χ1) is 9.02. The van der Waals surface area contributed by atoms with Gasteiger partial charge in [0.1, 0.15) is 0 Å². The van der Waals surface area contributed by atoms with Crippen LogP contribution >= 0.6 is 0 Å². The highest BCUT2D eigenvalue weighted by molar-refractivity contribution is 5.97. The summed E-state index contributed by atoms with van der Waals surface area (Å²) in [7, 11) is 3.65. The highest BCUT2D eigenvalue weighted by Gasteiger charge is 2.28. The van der Waals surface area contributed by atoms with E-state index >= 15 is 0 Å². The second-order valence-corrected chi connectivity index (χ2v) is 5.61. The quantitative estimate of drug-likeness (QED) is 0.908. The minimum absolute atomic E-state index is 0.0574. The van der Waals surface area contributed by atoms with Gasteiger partial charge in [0.2, 0.25) is 0 Å². The first-order valence-electron chi connectivity index (χ1n) is 7.09. The molecule has 19 heavy (non-hydrogen) atoms. The van der Waals surface area contributed by atoms with Crippen molar-refractivity contribution in [1.29, 1.82) is 0 Å². The number of nitrogens with zero attached hydrogens (tertiary/aromatic N) is 3. The van der Waals surface area contributed by atoms with E-state index in [0.717, 1.165) is 18.8 Å². The smallest absolute Gasteiger partial charge is 0.276 e. The molecule has 0 aromatic carbocycles. The fourth-order valence-corrected chi connectivity index (χ4v) is 2.95. The Bertz CT molecular complexity index is 446. The molecular weight excluding hydrogens is 240 g/mol. The van der Waals surface area contributed by atoms with Crippen molar-refractivity contribution >= 4 is 11.6 Å². The zero-order valence-corrected chi connectivity index (χ0v) is 12.1. The molecule has 1 saturated carbocycles. The van der Waals surface area contributed by atoms with Gasteiger partial charge >= 0.3 is 0 Å². The second-order valence-electron chi connectivity index (χ2n) is 5.61. The van der Waals surface area contributed by atoms with E-state index in [4.69, 9.17) is 5.73 Å². The lowest BCUT2D eigenvalue weighted by Crippen LogP contribution is -2.39. The maximum atomic E-state index is 12.4. The van der Waals surface area contributed by atoms with E-state index in [1.807, 2.05) is 11.9 Å². The molecule has 2 rings (SSSR count). The summed E-state index contributed by atoms with van der Waals surface area (Å²) in [5.41, 5.74) is 6.66. The number of nitrogens with two attached hydrogens (primary N) is 1. The minimum Gasteiger partial charge on any atom is -0.396 e. The number of nitrogen functional groups attached to an aromatic ring is 1. The SMILES string of the molecule is CCC1CCC(N(C)C(=O)c2nn(C)cc2N)CC1. The average Bonchev–Trinajstić information content (AvgIpc) is 2.76. The summed E-state index contributed by atoms with van der Waals surface area (Å²) in [5, 5.41) is 4.16. The number of carbonyl (C=O) groups excluding carboxylic acids is 1. The van der Waals surface area contributed by atoms with Crippen molar-refractivity contribution in [3.63, 3.8) is 0 Å². The van der Waals surface area contributed by atoms with E-state index in [1.165, 1.54) is 19.3 Å². The average molecular weight is 264 g/mol. The zero-order valence-electron chi connectivity index (χ0n) is 12.1. The Morgan fingerprint density at radius 3 is 2.58 bits per heavy atom. The van der Waals surface area contributed by atoms with Crippen LogP contribution in [0, 0.1) is 5.92 Å². The van der Waals surface area contributed by atoms with Crippen molar-refractivity contribution < 1.29 is 4.79 Å². The molecule has 0 atom stereocenters. The number of rotatable bonds is 3. The molecule has 0 radical (unpaired) electrons. The fraction of sp³-hybridized carbons (Fsp3) is 0.714. The predicted molar refractivity (Wildman–Crippen MR) is 75.8 cm³/mol. The van der Waals surface area contributed by atoms with E-state index < -0.39 is 0 Å². The summed E-state index contributed by atoms with van der Waals surface area (Å²) in [4.78, 5) is 14.2. The maximum absolute atomic E-state index is 12.4. The molecule has 0 saturated heterocycles. The highest BCUT2D eigenvalue weighted by atomic mass is 16.2. The van der Waals surface area contributed by atoms with Gasteiger partial charge in [0.15, 0.2) is 5.69 Å². The van der Waals surface area contributed by atoms with Crippen molar-refractivity contribution in [3.8, 4) is 0 Å². The van der Waals surface area contributed by atoms with Crippen LogP contribution in [0.1, 0.15) is 49.5 Å². The molecule has 1 aliphatic rings. The number of anilines is 1. The summed E-state index contributed by atoms with van der Waals surface area (Å²) >= 11 is 0. The molecule has 0 unspecified atom stereocenters. The Hall–Kier alpha value is -1.52. The van der Waals surface area contributed by atoms with Gasteiger partial charge in [-0.25, -0.2) is 0 Å². The molecule has 1 fully saturated rings. The Morgan fingerprint density at radius 1 is 1.47 bits per heavy atom. The largest absolute Gasteiger partial charge is 0.396 e. The van der Waals surface area contributed by atoms with Crippen molar-refractivity contribution in [2.45, 2.75) is 45.1 Å². The molecule has 5 heteroatoms. The van der Waals surface area contributed by atoms with Gasteiger partial charge in [-0.1, -0.05) is 13.3 Å². The Morgan fingerprint density at radius 2 is 2.11 bits per heavy atom. The lowest BCUT2D eigenvalue weighted by atomic mass is 9.84. The molecule has 0 spiro atoms. The topological polar surface area (TPSA) is 64.2 Å². The van der Waals surface area contributed by atoms with E-state index in [1.54, 1.807) is 17.9 Å². The highest BCUT2D eigenvalue weighted by Crippen LogP contribution is 2.29. The van der Waals surface area contributed by atoms with Crippen LogP contribution in [-0.2, 0) is 7.05 Å². The van der Waals surface area contributed by atoms with Crippen molar-refractivity contribution in [2.24, 2.45) is 13.0 Å². The summed E-state index contributed by atoms with van der Waals surface area (Å²) < 4.78 is 1.59. The number of hydrogen-bond acceptors (Lipinski definition) is 3. The van der Waals surface area contributed by atoms with Gasteiger partial charge in [-0.15, -0.1) is 0 Å².